The molecule has 0 unspecified atom stereocenters. The number of hydrogen-bond donors (Lipinski definition) is 0. The minimum atomic E-state index is -0.0461. The van der Waals surface area contributed by atoms with E-state index in [-0.39, 0.29) is 5.91 Å². The molecule has 1 aliphatic heterocycles. The number of fused-ring (bicyclic) bond motifs is 1. The fraction of sp³-hybridized carbons (Fsp3) is 0.217. The fourth-order valence-corrected chi connectivity index (χ4v) is 4.71. The zero-order valence-electron chi connectivity index (χ0n) is 16.6. The maximum atomic E-state index is 12.4. The van der Waals surface area contributed by atoms with Crippen LogP contribution in [-0.2, 0) is 11.3 Å². The van der Waals surface area contributed by atoms with Crippen LogP contribution in [0.25, 0.3) is 17.0 Å². The van der Waals surface area contributed by atoms with E-state index < -0.39 is 0 Å². The molecule has 148 valence electrons. The highest BCUT2D eigenvalue weighted by Crippen LogP contribution is 2.33. The number of thiocarbonyl (C=S) groups is 1. The van der Waals surface area contributed by atoms with Crippen molar-refractivity contribution in [2.45, 2.75) is 20.4 Å². The topological polar surface area (TPSA) is 34.5 Å². The van der Waals surface area contributed by atoms with E-state index >= 15 is 0 Å². The predicted octanol–water partition coefficient (Wildman–Crippen LogP) is 5.17. The first-order chi connectivity index (χ1) is 14.0. The molecule has 1 aromatic heterocycles. The van der Waals surface area contributed by atoms with Crippen LogP contribution >= 0.6 is 24.0 Å². The van der Waals surface area contributed by atoms with Crippen molar-refractivity contribution in [2.75, 3.05) is 13.7 Å². The van der Waals surface area contributed by atoms with Crippen LogP contribution in [0.3, 0.4) is 0 Å². The van der Waals surface area contributed by atoms with Crippen LogP contribution < -0.4 is 4.74 Å². The summed E-state index contributed by atoms with van der Waals surface area (Å²) in [6.45, 7) is 5.42. The first-order valence-electron chi connectivity index (χ1n) is 9.44. The largest absolute Gasteiger partial charge is 0.491 e. The van der Waals surface area contributed by atoms with Crippen molar-refractivity contribution < 1.29 is 9.53 Å². The monoisotopic (exact) mass is 422 g/mol. The van der Waals surface area contributed by atoms with Crippen LogP contribution in [0.1, 0.15) is 16.7 Å². The number of likely N-dealkylation sites (N-methyl/N-ethyl adjacent to an activating group) is 1. The number of para-hydroxylation sites is 2. The number of hydrogen-bond acceptors (Lipinski definition) is 4. The van der Waals surface area contributed by atoms with E-state index in [1.807, 2.05) is 24.3 Å². The molecule has 29 heavy (non-hydrogen) atoms. The zero-order valence-corrected chi connectivity index (χ0v) is 18.3. The zero-order chi connectivity index (χ0) is 20.5. The number of carbonyl (C=O) groups is 1. The number of thioether (sulfide) groups is 1. The van der Waals surface area contributed by atoms with Crippen LogP contribution in [0.15, 0.2) is 53.6 Å². The number of aromatic nitrogens is 1. The van der Waals surface area contributed by atoms with E-state index in [2.05, 4.69) is 48.9 Å². The average molecular weight is 423 g/mol. The lowest BCUT2D eigenvalue weighted by molar-refractivity contribution is -0.121. The minimum Gasteiger partial charge on any atom is -0.491 e. The van der Waals surface area contributed by atoms with Crippen molar-refractivity contribution in [2.24, 2.45) is 0 Å². The van der Waals surface area contributed by atoms with Crippen LogP contribution in [0.2, 0.25) is 0 Å². The molecule has 2 aromatic carbocycles. The third-order valence-corrected chi connectivity index (χ3v) is 6.56. The van der Waals surface area contributed by atoms with Crippen LogP contribution in [0, 0.1) is 13.8 Å². The number of nitrogens with zero attached hydrogens (tertiary/aromatic N) is 2. The lowest BCUT2D eigenvalue weighted by atomic mass is 10.1. The van der Waals surface area contributed by atoms with Gasteiger partial charge in [0.2, 0.25) is 0 Å². The number of rotatable bonds is 5. The van der Waals surface area contributed by atoms with E-state index in [0.29, 0.717) is 15.8 Å². The molecule has 0 bridgehead atoms. The number of aryl methyl sites for hydroxylation is 2. The molecule has 1 fully saturated rings. The Balaban J connectivity index is 1.60. The summed E-state index contributed by atoms with van der Waals surface area (Å²) in [6.07, 6.45) is 4.02. The molecular weight excluding hydrogens is 400 g/mol. The van der Waals surface area contributed by atoms with Gasteiger partial charge in [-0.05, 0) is 37.1 Å². The Bertz CT molecular complexity index is 1130. The van der Waals surface area contributed by atoms with Gasteiger partial charge in [0.1, 0.15) is 16.7 Å². The Morgan fingerprint density at radius 3 is 2.52 bits per heavy atom. The van der Waals surface area contributed by atoms with E-state index in [4.69, 9.17) is 17.0 Å². The van der Waals surface area contributed by atoms with E-state index in [9.17, 15) is 4.79 Å². The number of amides is 1. The smallest absolute Gasteiger partial charge is 0.265 e. The molecule has 1 aliphatic rings. The fourth-order valence-electron chi connectivity index (χ4n) is 3.53. The molecular formula is C23H22N2O2S2. The van der Waals surface area contributed by atoms with Crippen molar-refractivity contribution in [3.8, 4) is 5.75 Å². The molecule has 3 aromatic rings. The summed E-state index contributed by atoms with van der Waals surface area (Å²) < 4.78 is 8.86. The van der Waals surface area contributed by atoms with Crippen molar-refractivity contribution in [3.63, 3.8) is 0 Å². The Hall–Kier alpha value is -2.57. The average Bonchev–Trinajstić information content (AvgIpc) is 3.17. The Kier molecular flexibility index (Phi) is 5.48. The summed E-state index contributed by atoms with van der Waals surface area (Å²) in [5.41, 5.74) is 4.42. The number of benzene rings is 2. The second-order valence-electron chi connectivity index (χ2n) is 7.11. The molecule has 0 radical (unpaired) electrons. The van der Waals surface area contributed by atoms with Gasteiger partial charge in [0, 0.05) is 29.7 Å². The van der Waals surface area contributed by atoms with Gasteiger partial charge in [-0.1, -0.05) is 60.4 Å². The molecule has 0 atom stereocenters. The van der Waals surface area contributed by atoms with Crippen molar-refractivity contribution in [3.05, 3.63) is 70.3 Å². The first-order valence-corrected chi connectivity index (χ1v) is 10.7. The van der Waals surface area contributed by atoms with Crippen molar-refractivity contribution in [1.29, 1.82) is 0 Å². The number of carbonyl (C=O) groups excluding carboxylic acids is 1. The summed E-state index contributed by atoms with van der Waals surface area (Å²) in [7, 11) is 1.71. The highest BCUT2D eigenvalue weighted by Gasteiger charge is 2.29. The molecule has 0 saturated carbocycles. The first kappa shape index (κ1) is 19.7. The van der Waals surface area contributed by atoms with E-state index in [1.165, 1.54) is 16.7 Å². The summed E-state index contributed by atoms with van der Waals surface area (Å²) in [4.78, 5) is 14.6. The molecule has 6 heteroatoms. The maximum Gasteiger partial charge on any atom is 0.265 e. The Morgan fingerprint density at radius 1 is 1.10 bits per heavy atom. The normalized spacial score (nSPS) is 15.7. The van der Waals surface area contributed by atoms with Gasteiger partial charge in [-0.15, -0.1) is 0 Å². The second kappa shape index (κ2) is 8.05. The lowest BCUT2D eigenvalue weighted by Gasteiger charge is -2.12. The predicted molar refractivity (Wildman–Crippen MR) is 124 cm³/mol. The third kappa shape index (κ3) is 3.82. The van der Waals surface area contributed by atoms with Crippen molar-refractivity contribution in [1.82, 2.24) is 9.47 Å². The van der Waals surface area contributed by atoms with Crippen LogP contribution in [0.4, 0.5) is 0 Å². The van der Waals surface area contributed by atoms with E-state index in [1.54, 1.807) is 7.05 Å². The van der Waals surface area contributed by atoms with Gasteiger partial charge in [0.15, 0.2) is 0 Å². The molecule has 4 nitrogen and oxygen atoms in total. The molecule has 0 N–H and O–H groups in total. The maximum absolute atomic E-state index is 12.4. The number of ether oxygens (including phenoxy) is 1. The van der Waals surface area contributed by atoms with Gasteiger partial charge >= 0.3 is 0 Å². The van der Waals surface area contributed by atoms with Gasteiger partial charge < -0.3 is 9.30 Å². The van der Waals surface area contributed by atoms with E-state index in [0.717, 1.165) is 39.9 Å². The summed E-state index contributed by atoms with van der Waals surface area (Å²) in [6, 6.07) is 14.4. The second-order valence-corrected chi connectivity index (χ2v) is 8.78. The summed E-state index contributed by atoms with van der Waals surface area (Å²) in [5.74, 6) is 0.908. The molecule has 1 saturated heterocycles. The van der Waals surface area contributed by atoms with Crippen LogP contribution in [0.5, 0.6) is 5.75 Å². The van der Waals surface area contributed by atoms with Gasteiger partial charge in [-0.3, -0.25) is 9.69 Å². The minimum absolute atomic E-state index is 0.0461. The summed E-state index contributed by atoms with van der Waals surface area (Å²) in [5, 5.41) is 1.11. The van der Waals surface area contributed by atoms with Gasteiger partial charge in [-0.25, -0.2) is 0 Å². The molecule has 2 heterocycles. The third-order valence-electron chi connectivity index (χ3n) is 5.08. The Morgan fingerprint density at radius 2 is 1.83 bits per heavy atom. The molecule has 4 rings (SSSR count). The van der Waals surface area contributed by atoms with Crippen LogP contribution in [-0.4, -0.2) is 33.3 Å². The lowest BCUT2D eigenvalue weighted by Crippen LogP contribution is -2.22. The molecule has 1 amide bonds. The summed E-state index contributed by atoms with van der Waals surface area (Å²) >= 11 is 6.59. The van der Waals surface area contributed by atoms with Gasteiger partial charge in [0.25, 0.3) is 5.91 Å². The van der Waals surface area contributed by atoms with Gasteiger partial charge in [0.05, 0.1) is 11.4 Å². The SMILES string of the molecule is Cc1cccc(C)c1OCCn1cc(C=C2SC(=S)N(C)C2=O)c2ccccc21. The van der Waals surface area contributed by atoms with Gasteiger partial charge in [-0.2, -0.15) is 0 Å². The standard InChI is InChI=1S/C23H22N2O2S2/c1-15-7-6-8-16(2)21(15)27-12-11-25-14-17(18-9-4-5-10-19(18)25)13-20-22(26)24(3)23(28)29-20/h4-10,13-14H,11-12H2,1-3H3. The highest BCUT2D eigenvalue weighted by atomic mass is 32.2. The quantitative estimate of drug-likeness (QED) is 0.420. The Labute approximate surface area is 180 Å². The highest BCUT2D eigenvalue weighted by molar-refractivity contribution is 8.26. The van der Waals surface area contributed by atoms with Crippen molar-refractivity contribution >= 4 is 51.2 Å². The molecule has 0 spiro atoms. The molecule has 0 aliphatic carbocycles.